The number of carbonyl (C=O) groups excluding carboxylic acids is 1. The van der Waals surface area contributed by atoms with Gasteiger partial charge >= 0.3 is 0 Å². The minimum Gasteiger partial charge on any atom is -0.349 e. The summed E-state index contributed by atoms with van der Waals surface area (Å²) < 4.78 is 1.11. The van der Waals surface area contributed by atoms with Crippen LogP contribution in [0, 0.1) is 3.57 Å². The maximum atomic E-state index is 12.2. The molecule has 1 aromatic rings. The zero-order valence-electron chi connectivity index (χ0n) is 10.9. The number of amides is 1. The second-order valence-electron chi connectivity index (χ2n) is 5.53. The first-order chi connectivity index (χ1) is 9.22. The SMILES string of the molecule is O=C(NC1CCN(C2CC2)CC1)c1cccc(I)c1. The van der Waals surface area contributed by atoms with Crippen LogP contribution in [0.15, 0.2) is 24.3 Å². The van der Waals surface area contributed by atoms with Crippen molar-refractivity contribution >= 4 is 28.5 Å². The van der Waals surface area contributed by atoms with Gasteiger partial charge < -0.3 is 10.2 Å². The summed E-state index contributed by atoms with van der Waals surface area (Å²) in [5, 5.41) is 3.17. The first-order valence-electron chi connectivity index (χ1n) is 7.03. The minimum absolute atomic E-state index is 0.0726. The smallest absolute Gasteiger partial charge is 0.251 e. The van der Waals surface area contributed by atoms with Gasteiger partial charge in [0.05, 0.1) is 0 Å². The molecule has 1 aliphatic carbocycles. The second kappa shape index (κ2) is 5.79. The fourth-order valence-corrected chi connectivity index (χ4v) is 3.29. The van der Waals surface area contributed by atoms with Gasteiger partial charge in [-0.25, -0.2) is 0 Å². The van der Waals surface area contributed by atoms with Gasteiger partial charge in [0.25, 0.3) is 5.91 Å². The highest BCUT2D eigenvalue weighted by molar-refractivity contribution is 14.1. The van der Waals surface area contributed by atoms with Crippen molar-refractivity contribution in [1.82, 2.24) is 10.2 Å². The van der Waals surface area contributed by atoms with E-state index in [2.05, 4.69) is 32.8 Å². The monoisotopic (exact) mass is 370 g/mol. The Morgan fingerprint density at radius 3 is 2.58 bits per heavy atom. The second-order valence-corrected chi connectivity index (χ2v) is 6.77. The molecular weight excluding hydrogens is 351 g/mol. The fourth-order valence-electron chi connectivity index (χ4n) is 2.75. The summed E-state index contributed by atoms with van der Waals surface area (Å²) in [6.07, 6.45) is 4.93. The molecule has 3 rings (SSSR count). The average molecular weight is 370 g/mol. The summed E-state index contributed by atoms with van der Waals surface area (Å²) in [5.41, 5.74) is 0.775. The Kier molecular flexibility index (Phi) is 4.07. The summed E-state index contributed by atoms with van der Waals surface area (Å²) >= 11 is 2.24. The lowest BCUT2D eigenvalue weighted by molar-refractivity contribution is 0.0909. The van der Waals surface area contributed by atoms with E-state index in [4.69, 9.17) is 0 Å². The highest BCUT2D eigenvalue weighted by Crippen LogP contribution is 2.29. The predicted molar refractivity (Wildman–Crippen MR) is 84.2 cm³/mol. The summed E-state index contributed by atoms with van der Waals surface area (Å²) in [6.45, 7) is 2.28. The zero-order chi connectivity index (χ0) is 13.2. The summed E-state index contributed by atoms with van der Waals surface area (Å²) in [7, 11) is 0. The molecule has 2 fully saturated rings. The first kappa shape index (κ1) is 13.4. The van der Waals surface area contributed by atoms with E-state index in [1.807, 2.05) is 24.3 Å². The Morgan fingerprint density at radius 2 is 1.95 bits per heavy atom. The number of hydrogen-bond donors (Lipinski definition) is 1. The number of benzene rings is 1. The van der Waals surface area contributed by atoms with Crippen molar-refractivity contribution in [2.24, 2.45) is 0 Å². The summed E-state index contributed by atoms with van der Waals surface area (Å²) in [6, 6.07) is 8.97. The van der Waals surface area contributed by atoms with Gasteiger partial charge in [0.15, 0.2) is 0 Å². The highest BCUT2D eigenvalue weighted by Gasteiger charge is 2.32. The molecule has 0 atom stereocenters. The third-order valence-electron chi connectivity index (χ3n) is 4.01. The molecule has 0 spiro atoms. The molecule has 0 radical (unpaired) electrons. The molecule has 1 amide bonds. The van der Waals surface area contributed by atoms with Crippen LogP contribution in [0.1, 0.15) is 36.0 Å². The molecule has 1 aliphatic heterocycles. The van der Waals surface area contributed by atoms with Crippen molar-refractivity contribution in [3.63, 3.8) is 0 Å². The van der Waals surface area contributed by atoms with Crippen LogP contribution in [0.2, 0.25) is 0 Å². The molecule has 3 nitrogen and oxygen atoms in total. The van der Waals surface area contributed by atoms with Crippen LogP contribution < -0.4 is 5.32 Å². The van der Waals surface area contributed by atoms with Crippen LogP contribution in [-0.2, 0) is 0 Å². The van der Waals surface area contributed by atoms with Crippen LogP contribution >= 0.6 is 22.6 Å². The predicted octanol–water partition coefficient (Wildman–Crippen LogP) is 2.65. The number of hydrogen-bond acceptors (Lipinski definition) is 2. The molecule has 1 aromatic carbocycles. The van der Waals surface area contributed by atoms with Crippen LogP contribution in [0.25, 0.3) is 0 Å². The van der Waals surface area contributed by atoms with Gasteiger partial charge in [-0.2, -0.15) is 0 Å². The maximum Gasteiger partial charge on any atom is 0.251 e. The molecule has 1 heterocycles. The van der Waals surface area contributed by atoms with Gasteiger partial charge in [0.2, 0.25) is 0 Å². The van der Waals surface area contributed by atoms with E-state index in [9.17, 15) is 4.79 Å². The first-order valence-corrected chi connectivity index (χ1v) is 8.11. The molecule has 1 saturated carbocycles. The lowest BCUT2D eigenvalue weighted by atomic mass is 10.0. The number of piperidine rings is 1. The van der Waals surface area contributed by atoms with Crippen LogP contribution in [0.3, 0.4) is 0 Å². The molecule has 102 valence electrons. The largest absolute Gasteiger partial charge is 0.349 e. The van der Waals surface area contributed by atoms with Gasteiger partial charge in [-0.1, -0.05) is 6.07 Å². The van der Waals surface area contributed by atoms with Crippen molar-refractivity contribution in [3.05, 3.63) is 33.4 Å². The number of likely N-dealkylation sites (tertiary alicyclic amines) is 1. The Morgan fingerprint density at radius 1 is 1.21 bits per heavy atom. The average Bonchev–Trinajstić information content (AvgIpc) is 3.24. The van der Waals surface area contributed by atoms with Gasteiger partial charge in [0.1, 0.15) is 0 Å². The molecule has 1 saturated heterocycles. The Hall–Kier alpha value is -0.620. The molecule has 4 heteroatoms. The number of nitrogens with one attached hydrogen (secondary N) is 1. The van der Waals surface area contributed by atoms with Gasteiger partial charge in [-0.3, -0.25) is 4.79 Å². The normalized spacial score (nSPS) is 21.3. The van der Waals surface area contributed by atoms with E-state index in [1.165, 1.54) is 12.8 Å². The van der Waals surface area contributed by atoms with Crippen LogP contribution in [0.5, 0.6) is 0 Å². The van der Waals surface area contributed by atoms with Crippen LogP contribution in [0.4, 0.5) is 0 Å². The Bertz CT molecular complexity index is 465. The summed E-state index contributed by atoms with van der Waals surface area (Å²) in [5.74, 6) is 0.0726. The van der Waals surface area contributed by atoms with Crippen molar-refractivity contribution in [2.75, 3.05) is 13.1 Å². The number of carbonyl (C=O) groups is 1. The third-order valence-corrected chi connectivity index (χ3v) is 4.69. The third kappa shape index (κ3) is 3.48. The highest BCUT2D eigenvalue weighted by atomic mass is 127. The number of rotatable bonds is 3. The van der Waals surface area contributed by atoms with E-state index in [-0.39, 0.29) is 5.91 Å². The quantitative estimate of drug-likeness (QED) is 0.830. The topological polar surface area (TPSA) is 32.3 Å². The van der Waals surface area contributed by atoms with Crippen molar-refractivity contribution in [3.8, 4) is 0 Å². The molecule has 19 heavy (non-hydrogen) atoms. The molecule has 0 aromatic heterocycles. The Balaban J connectivity index is 1.52. The zero-order valence-corrected chi connectivity index (χ0v) is 13.1. The minimum atomic E-state index is 0.0726. The molecule has 1 N–H and O–H groups in total. The van der Waals surface area contributed by atoms with Gasteiger partial charge in [0, 0.05) is 34.3 Å². The van der Waals surface area contributed by atoms with E-state index in [0.29, 0.717) is 6.04 Å². The van der Waals surface area contributed by atoms with Gasteiger partial charge in [-0.05, 0) is 66.5 Å². The summed E-state index contributed by atoms with van der Waals surface area (Å²) in [4.78, 5) is 14.7. The van der Waals surface area contributed by atoms with E-state index >= 15 is 0 Å². The van der Waals surface area contributed by atoms with E-state index in [1.54, 1.807) is 0 Å². The Labute approximate surface area is 127 Å². The number of nitrogens with zero attached hydrogens (tertiary/aromatic N) is 1. The van der Waals surface area contributed by atoms with Gasteiger partial charge in [-0.15, -0.1) is 0 Å². The van der Waals surface area contributed by atoms with Crippen molar-refractivity contribution in [1.29, 1.82) is 0 Å². The van der Waals surface area contributed by atoms with Crippen LogP contribution in [-0.4, -0.2) is 36.0 Å². The number of halogens is 1. The van der Waals surface area contributed by atoms with E-state index in [0.717, 1.165) is 41.1 Å². The van der Waals surface area contributed by atoms with Crippen molar-refractivity contribution in [2.45, 2.75) is 37.8 Å². The molecule has 0 bridgehead atoms. The van der Waals surface area contributed by atoms with Crippen molar-refractivity contribution < 1.29 is 4.79 Å². The molecule has 2 aliphatic rings. The maximum absolute atomic E-state index is 12.2. The lowest BCUT2D eigenvalue weighted by Gasteiger charge is -2.32. The molecule has 0 unspecified atom stereocenters. The fraction of sp³-hybridized carbons (Fsp3) is 0.533. The lowest BCUT2D eigenvalue weighted by Crippen LogP contribution is -2.45. The van der Waals surface area contributed by atoms with E-state index < -0.39 is 0 Å². The standard InChI is InChI=1S/C15H19IN2O/c16-12-3-1-2-11(10-12)15(19)17-13-6-8-18(9-7-13)14-4-5-14/h1-3,10,13-14H,4-9H2,(H,17,19). The molecular formula is C15H19IN2O.